The highest BCUT2D eigenvalue weighted by atomic mass is 16.3. The van der Waals surface area contributed by atoms with E-state index in [4.69, 9.17) is 9.41 Å². The fraction of sp³-hybridized carbons (Fsp3) is 0.714. The van der Waals surface area contributed by atoms with Crippen molar-refractivity contribution in [3.8, 4) is 0 Å². The lowest BCUT2D eigenvalue weighted by atomic mass is 9.98. The van der Waals surface area contributed by atoms with Crippen molar-refractivity contribution in [3.63, 3.8) is 0 Å². The maximum absolute atomic E-state index is 12.4. The van der Waals surface area contributed by atoms with Crippen LogP contribution in [0.25, 0.3) is 0 Å². The standard InChI is InChI=1S/C21H35N5O2/c1-4-22-21(23-16-18(3)24-9-7-17(2)8-10-24)26-13-11-25(12-14-26)20(27)19-6-5-15-28-19/h5-6,15,17-18H,4,7-14,16H2,1-3H3,(H,22,23). The van der Waals surface area contributed by atoms with E-state index >= 15 is 0 Å². The molecule has 2 saturated heterocycles. The van der Waals surface area contributed by atoms with Crippen molar-refractivity contribution in [2.45, 2.75) is 39.7 Å². The number of nitrogens with one attached hydrogen (secondary N) is 1. The van der Waals surface area contributed by atoms with Gasteiger partial charge in [0.1, 0.15) is 0 Å². The summed E-state index contributed by atoms with van der Waals surface area (Å²) in [7, 11) is 0. The van der Waals surface area contributed by atoms with Crippen molar-refractivity contribution in [2.75, 3.05) is 52.4 Å². The summed E-state index contributed by atoms with van der Waals surface area (Å²) in [5.41, 5.74) is 0. The first-order valence-electron chi connectivity index (χ1n) is 10.7. The van der Waals surface area contributed by atoms with Crippen molar-refractivity contribution in [1.29, 1.82) is 0 Å². The predicted molar refractivity (Wildman–Crippen MR) is 112 cm³/mol. The van der Waals surface area contributed by atoms with E-state index in [1.54, 1.807) is 18.4 Å². The van der Waals surface area contributed by atoms with Gasteiger partial charge in [-0.25, -0.2) is 0 Å². The average Bonchev–Trinajstić information content (AvgIpc) is 3.26. The van der Waals surface area contributed by atoms with Crippen molar-refractivity contribution in [3.05, 3.63) is 24.2 Å². The Morgan fingerprint density at radius 3 is 2.50 bits per heavy atom. The molecule has 1 aromatic rings. The van der Waals surface area contributed by atoms with Gasteiger partial charge in [-0.1, -0.05) is 6.92 Å². The van der Waals surface area contributed by atoms with E-state index in [-0.39, 0.29) is 5.91 Å². The number of hydrogen-bond acceptors (Lipinski definition) is 4. The number of aliphatic imine (C=N–C) groups is 1. The summed E-state index contributed by atoms with van der Waals surface area (Å²) in [6.45, 7) is 13.7. The Bertz CT molecular complexity index is 629. The largest absolute Gasteiger partial charge is 0.459 e. The Kier molecular flexibility index (Phi) is 7.36. The summed E-state index contributed by atoms with van der Waals surface area (Å²) in [4.78, 5) is 24.0. The van der Waals surface area contributed by atoms with Crippen LogP contribution in [0.4, 0.5) is 0 Å². The normalized spacial score (nSPS) is 21.0. The van der Waals surface area contributed by atoms with Crippen LogP contribution in [0.5, 0.6) is 0 Å². The number of carbonyl (C=O) groups excluding carboxylic acids is 1. The number of carbonyl (C=O) groups is 1. The van der Waals surface area contributed by atoms with Crippen LogP contribution in [0.3, 0.4) is 0 Å². The highest BCUT2D eigenvalue weighted by molar-refractivity contribution is 5.91. The second-order valence-electron chi connectivity index (χ2n) is 8.02. The lowest BCUT2D eigenvalue weighted by Gasteiger charge is -2.37. The highest BCUT2D eigenvalue weighted by Crippen LogP contribution is 2.18. The van der Waals surface area contributed by atoms with Gasteiger partial charge in [-0.3, -0.25) is 14.7 Å². The molecule has 3 rings (SSSR count). The third-order valence-corrected chi connectivity index (χ3v) is 5.88. The molecule has 2 aliphatic rings. The van der Waals surface area contributed by atoms with E-state index in [1.807, 2.05) is 4.90 Å². The van der Waals surface area contributed by atoms with Crippen molar-refractivity contribution >= 4 is 11.9 Å². The molecule has 2 aliphatic heterocycles. The van der Waals surface area contributed by atoms with Crippen LogP contribution in [-0.2, 0) is 0 Å². The van der Waals surface area contributed by atoms with Gasteiger partial charge in [-0.05, 0) is 57.8 Å². The molecule has 0 aromatic carbocycles. The van der Waals surface area contributed by atoms with Crippen LogP contribution in [0.1, 0.15) is 44.2 Å². The molecular formula is C21H35N5O2. The zero-order chi connectivity index (χ0) is 19.9. The molecule has 0 aliphatic carbocycles. The summed E-state index contributed by atoms with van der Waals surface area (Å²) < 4.78 is 5.24. The molecule has 7 heteroatoms. The van der Waals surface area contributed by atoms with Crippen LogP contribution < -0.4 is 5.32 Å². The number of likely N-dealkylation sites (tertiary alicyclic amines) is 1. The summed E-state index contributed by atoms with van der Waals surface area (Å²) in [6.07, 6.45) is 4.13. The second-order valence-corrected chi connectivity index (χ2v) is 8.02. The maximum Gasteiger partial charge on any atom is 0.289 e. The zero-order valence-electron chi connectivity index (χ0n) is 17.6. The van der Waals surface area contributed by atoms with Crippen molar-refractivity contribution < 1.29 is 9.21 Å². The van der Waals surface area contributed by atoms with Crippen LogP contribution in [0.2, 0.25) is 0 Å². The van der Waals surface area contributed by atoms with Gasteiger partial charge in [-0.15, -0.1) is 0 Å². The van der Waals surface area contributed by atoms with Crippen molar-refractivity contribution in [2.24, 2.45) is 10.9 Å². The first-order valence-corrected chi connectivity index (χ1v) is 10.7. The average molecular weight is 390 g/mol. The molecule has 28 heavy (non-hydrogen) atoms. The summed E-state index contributed by atoms with van der Waals surface area (Å²) in [5, 5.41) is 3.42. The zero-order valence-corrected chi connectivity index (χ0v) is 17.6. The number of guanidine groups is 1. The highest BCUT2D eigenvalue weighted by Gasteiger charge is 2.25. The number of piperazine rings is 1. The van der Waals surface area contributed by atoms with Gasteiger partial charge in [0.25, 0.3) is 5.91 Å². The molecule has 1 atom stereocenters. The first kappa shape index (κ1) is 20.7. The summed E-state index contributed by atoms with van der Waals surface area (Å²) in [6, 6.07) is 3.94. The number of furan rings is 1. The van der Waals surface area contributed by atoms with E-state index in [1.165, 1.54) is 25.9 Å². The Morgan fingerprint density at radius 1 is 1.21 bits per heavy atom. The molecule has 3 heterocycles. The molecule has 2 fully saturated rings. The van der Waals surface area contributed by atoms with Crippen molar-refractivity contribution in [1.82, 2.24) is 20.0 Å². The third kappa shape index (κ3) is 5.28. The van der Waals surface area contributed by atoms with Gasteiger partial charge in [0.05, 0.1) is 12.8 Å². The molecule has 1 unspecified atom stereocenters. The molecule has 1 N–H and O–H groups in total. The number of nitrogens with zero attached hydrogens (tertiary/aromatic N) is 4. The van der Waals surface area contributed by atoms with Gasteiger partial charge < -0.3 is 19.5 Å². The minimum absolute atomic E-state index is 0.0282. The lowest BCUT2D eigenvalue weighted by Crippen LogP contribution is -2.54. The van der Waals surface area contributed by atoms with Crippen LogP contribution in [-0.4, -0.2) is 85.0 Å². The van der Waals surface area contributed by atoms with Gasteiger partial charge in [-0.2, -0.15) is 0 Å². The molecule has 0 bridgehead atoms. The Morgan fingerprint density at radius 2 is 1.89 bits per heavy atom. The van der Waals surface area contributed by atoms with Crippen LogP contribution in [0, 0.1) is 5.92 Å². The quantitative estimate of drug-likeness (QED) is 0.617. The first-order chi connectivity index (χ1) is 13.6. The minimum Gasteiger partial charge on any atom is -0.459 e. The third-order valence-electron chi connectivity index (χ3n) is 5.88. The van der Waals surface area contributed by atoms with E-state index < -0.39 is 0 Å². The number of hydrogen-bond donors (Lipinski definition) is 1. The molecular weight excluding hydrogens is 354 g/mol. The Labute approximate surface area is 168 Å². The predicted octanol–water partition coefficient (Wildman–Crippen LogP) is 2.12. The molecule has 156 valence electrons. The Balaban J connectivity index is 1.52. The van der Waals surface area contributed by atoms with Gasteiger partial charge in [0.15, 0.2) is 11.7 Å². The van der Waals surface area contributed by atoms with Gasteiger partial charge >= 0.3 is 0 Å². The van der Waals surface area contributed by atoms with E-state index in [9.17, 15) is 4.79 Å². The van der Waals surface area contributed by atoms with Gasteiger partial charge in [0, 0.05) is 38.8 Å². The number of piperidine rings is 1. The second kappa shape index (κ2) is 9.96. The molecule has 1 amide bonds. The number of amides is 1. The smallest absolute Gasteiger partial charge is 0.289 e. The topological polar surface area (TPSA) is 64.3 Å². The van der Waals surface area contributed by atoms with E-state index in [0.717, 1.165) is 38.1 Å². The Hall–Kier alpha value is -2.02. The SMILES string of the molecule is CCNC(=NCC(C)N1CCC(C)CC1)N1CCN(C(=O)c2ccco2)CC1. The molecule has 0 radical (unpaired) electrons. The number of rotatable bonds is 5. The van der Waals surface area contributed by atoms with Gasteiger partial charge in [0.2, 0.25) is 0 Å². The van der Waals surface area contributed by atoms with Crippen LogP contribution >= 0.6 is 0 Å². The van der Waals surface area contributed by atoms with E-state index in [2.05, 4.69) is 35.9 Å². The lowest BCUT2D eigenvalue weighted by molar-refractivity contribution is 0.0657. The van der Waals surface area contributed by atoms with Crippen LogP contribution in [0.15, 0.2) is 27.8 Å². The fourth-order valence-electron chi connectivity index (χ4n) is 3.91. The summed E-state index contributed by atoms with van der Waals surface area (Å²) in [5.74, 6) is 2.20. The molecule has 0 saturated carbocycles. The molecule has 1 aromatic heterocycles. The summed E-state index contributed by atoms with van der Waals surface area (Å²) >= 11 is 0. The maximum atomic E-state index is 12.4. The molecule has 0 spiro atoms. The van der Waals surface area contributed by atoms with E-state index in [0.29, 0.717) is 24.9 Å². The minimum atomic E-state index is -0.0282. The fourth-order valence-corrected chi connectivity index (χ4v) is 3.91. The monoisotopic (exact) mass is 389 g/mol. The molecule has 7 nitrogen and oxygen atoms in total.